The van der Waals surface area contributed by atoms with Crippen molar-refractivity contribution < 1.29 is 27.9 Å². The minimum absolute atomic E-state index is 0.0236. The average Bonchev–Trinajstić information content (AvgIpc) is 3.50. The Morgan fingerprint density at radius 1 is 1.10 bits per heavy atom. The maximum Gasteiger partial charge on any atom is 0.270 e. The van der Waals surface area contributed by atoms with E-state index >= 15 is 0 Å². The summed E-state index contributed by atoms with van der Waals surface area (Å²) < 4.78 is 32.9. The highest BCUT2D eigenvalue weighted by atomic mass is 35.5. The topological polar surface area (TPSA) is 85.9 Å². The predicted octanol–water partition coefficient (Wildman–Crippen LogP) is 5.61. The van der Waals surface area contributed by atoms with Gasteiger partial charge in [0, 0.05) is 48.3 Å². The lowest BCUT2D eigenvalue weighted by atomic mass is 9.95. The van der Waals surface area contributed by atoms with Crippen molar-refractivity contribution in [3.05, 3.63) is 82.0 Å². The van der Waals surface area contributed by atoms with E-state index in [0.717, 1.165) is 17.1 Å². The maximum atomic E-state index is 14.6. The van der Waals surface area contributed by atoms with Crippen LogP contribution in [0.5, 0.6) is 11.5 Å². The summed E-state index contributed by atoms with van der Waals surface area (Å²) in [6.07, 6.45) is 1.71. The molecule has 10 heteroatoms. The summed E-state index contributed by atoms with van der Waals surface area (Å²) in [4.78, 5) is 28.3. The van der Waals surface area contributed by atoms with Crippen molar-refractivity contribution in [1.82, 2.24) is 14.8 Å². The van der Waals surface area contributed by atoms with Crippen LogP contribution in [0.4, 0.5) is 4.39 Å². The lowest BCUT2D eigenvalue weighted by molar-refractivity contribution is -0.126. The molecule has 0 radical (unpaired) electrons. The molecule has 0 aliphatic carbocycles. The highest BCUT2D eigenvalue weighted by Gasteiger charge is 2.30. The molecule has 2 aromatic carbocycles. The number of halogens is 2. The number of fused-ring (bicyclic) bond motifs is 1. The second-order valence-electron chi connectivity index (χ2n) is 10.2. The van der Waals surface area contributed by atoms with E-state index in [1.165, 1.54) is 6.07 Å². The number of nitrogens with zero attached hydrogens (tertiary/aromatic N) is 2. The Balaban J connectivity index is 1.22. The maximum absolute atomic E-state index is 14.6. The SMILES string of the molecule is COc1ccc(OC)c(CCNC(=O)C2CCN(C(=O)c3cc4oc(C)cc4n3Cc3c(F)cccc3Cl)CC2)c1. The summed E-state index contributed by atoms with van der Waals surface area (Å²) in [5.74, 6) is 1.34. The standard InChI is InChI=1S/C31H33ClFN3O5/c1-19-15-26-29(41-19)17-27(36(26)18-23-24(32)5-4-6-25(23)33)31(38)35-13-10-20(11-14-35)30(37)34-12-9-21-16-22(39-2)7-8-28(21)40-3/h4-8,15-17,20H,9-14,18H2,1-3H3,(H,34,37). The molecule has 0 bridgehead atoms. The van der Waals surface area contributed by atoms with Crippen LogP contribution < -0.4 is 14.8 Å². The lowest BCUT2D eigenvalue weighted by Crippen LogP contribution is -2.43. The average molecular weight is 582 g/mol. The third kappa shape index (κ3) is 6.05. The molecule has 0 spiro atoms. The van der Waals surface area contributed by atoms with E-state index in [1.54, 1.807) is 41.9 Å². The molecule has 5 rings (SSSR count). The van der Waals surface area contributed by atoms with Crippen LogP contribution in [-0.2, 0) is 17.8 Å². The van der Waals surface area contributed by atoms with Crippen molar-refractivity contribution in [3.8, 4) is 11.5 Å². The molecule has 1 aliphatic rings. The number of benzene rings is 2. The van der Waals surface area contributed by atoms with Gasteiger partial charge in [-0.05, 0) is 62.1 Å². The van der Waals surface area contributed by atoms with Gasteiger partial charge in [0.15, 0.2) is 5.58 Å². The first-order valence-electron chi connectivity index (χ1n) is 13.6. The number of hydrogen-bond acceptors (Lipinski definition) is 5. The normalized spacial score (nSPS) is 13.9. The highest BCUT2D eigenvalue weighted by Crippen LogP contribution is 2.30. The van der Waals surface area contributed by atoms with E-state index in [4.69, 9.17) is 25.5 Å². The van der Waals surface area contributed by atoms with Crippen molar-refractivity contribution in [3.63, 3.8) is 0 Å². The molecule has 216 valence electrons. The predicted molar refractivity (Wildman–Crippen MR) is 154 cm³/mol. The van der Waals surface area contributed by atoms with Crippen molar-refractivity contribution in [2.75, 3.05) is 33.9 Å². The number of rotatable bonds is 9. The van der Waals surface area contributed by atoms with Crippen LogP contribution in [-0.4, -0.2) is 55.1 Å². The fourth-order valence-corrected chi connectivity index (χ4v) is 5.63. The van der Waals surface area contributed by atoms with E-state index in [9.17, 15) is 14.0 Å². The number of aromatic nitrogens is 1. The van der Waals surface area contributed by atoms with Gasteiger partial charge in [-0.3, -0.25) is 9.59 Å². The molecule has 0 unspecified atom stereocenters. The quantitative estimate of drug-likeness (QED) is 0.278. The summed E-state index contributed by atoms with van der Waals surface area (Å²) >= 11 is 6.31. The van der Waals surface area contributed by atoms with Crippen LogP contribution in [0.2, 0.25) is 5.02 Å². The number of ether oxygens (including phenoxy) is 2. The smallest absolute Gasteiger partial charge is 0.270 e. The zero-order valence-corrected chi connectivity index (χ0v) is 24.1. The molecule has 1 N–H and O–H groups in total. The number of nitrogens with one attached hydrogen (secondary N) is 1. The monoisotopic (exact) mass is 581 g/mol. The molecule has 0 saturated carbocycles. The van der Waals surface area contributed by atoms with Crippen LogP contribution >= 0.6 is 11.6 Å². The highest BCUT2D eigenvalue weighted by molar-refractivity contribution is 6.31. The number of carbonyl (C=O) groups excluding carboxylic acids is 2. The van der Waals surface area contributed by atoms with Crippen LogP contribution in [0.3, 0.4) is 0 Å². The fraction of sp³-hybridized carbons (Fsp3) is 0.355. The Hall–Kier alpha value is -3.98. The van der Waals surface area contributed by atoms with Gasteiger partial charge in [-0.1, -0.05) is 17.7 Å². The summed E-state index contributed by atoms with van der Waals surface area (Å²) in [5, 5.41) is 3.32. The number of piperidine rings is 1. The van der Waals surface area contributed by atoms with Gasteiger partial charge in [0.2, 0.25) is 5.91 Å². The summed E-state index contributed by atoms with van der Waals surface area (Å²) in [5.41, 5.74) is 2.91. The lowest BCUT2D eigenvalue weighted by Gasteiger charge is -2.31. The van der Waals surface area contributed by atoms with E-state index in [1.807, 2.05) is 31.2 Å². The zero-order valence-electron chi connectivity index (χ0n) is 23.3. The molecule has 0 atom stereocenters. The second-order valence-corrected chi connectivity index (χ2v) is 10.6. The molecule has 4 aromatic rings. The van der Waals surface area contributed by atoms with Crippen molar-refractivity contribution >= 4 is 34.5 Å². The van der Waals surface area contributed by atoms with E-state index < -0.39 is 5.82 Å². The Kier molecular flexibility index (Phi) is 8.54. The Bertz CT molecular complexity index is 1550. The largest absolute Gasteiger partial charge is 0.497 e. The molecular weight excluding hydrogens is 549 g/mol. The molecule has 41 heavy (non-hydrogen) atoms. The van der Waals surface area contributed by atoms with Crippen LogP contribution in [0.15, 0.2) is 52.9 Å². The van der Waals surface area contributed by atoms with E-state index in [0.29, 0.717) is 72.0 Å². The van der Waals surface area contributed by atoms with Crippen LogP contribution in [0, 0.1) is 18.7 Å². The number of amides is 2. The second kappa shape index (κ2) is 12.3. The summed E-state index contributed by atoms with van der Waals surface area (Å²) in [6.45, 7) is 3.25. The first-order valence-corrected chi connectivity index (χ1v) is 14.0. The number of likely N-dealkylation sites (tertiary alicyclic amines) is 1. The molecule has 3 heterocycles. The van der Waals surface area contributed by atoms with Crippen LogP contribution in [0.1, 0.15) is 40.2 Å². The van der Waals surface area contributed by atoms with Gasteiger partial charge < -0.3 is 28.7 Å². The fourth-order valence-electron chi connectivity index (χ4n) is 5.40. The Morgan fingerprint density at radius 2 is 1.88 bits per heavy atom. The van der Waals surface area contributed by atoms with E-state index in [2.05, 4.69) is 5.32 Å². The number of furan rings is 1. The Labute approximate surface area is 243 Å². The zero-order chi connectivity index (χ0) is 29.1. The van der Waals surface area contributed by atoms with Crippen molar-refractivity contribution in [1.29, 1.82) is 0 Å². The third-order valence-electron chi connectivity index (χ3n) is 7.64. The number of carbonyl (C=O) groups is 2. The number of aryl methyl sites for hydroxylation is 1. The van der Waals surface area contributed by atoms with Gasteiger partial charge in [-0.25, -0.2) is 4.39 Å². The van der Waals surface area contributed by atoms with Crippen molar-refractivity contribution in [2.45, 2.75) is 32.7 Å². The van der Waals surface area contributed by atoms with Gasteiger partial charge in [-0.2, -0.15) is 0 Å². The van der Waals surface area contributed by atoms with Gasteiger partial charge >= 0.3 is 0 Å². The van der Waals surface area contributed by atoms with Gasteiger partial charge in [0.25, 0.3) is 5.91 Å². The third-order valence-corrected chi connectivity index (χ3v) is 8.00. The van der Waals surface area contributed by atoms with Crippen molar-refractivity contribution in [2.24, 2.45) is 5.92 Å². The molecule has 8 nitrogen and oxygen atoms in total. The molecular formula is C31H33ClFN3O5. The minimum Gasteiger partial charge on any atom is -0.497 e. The first-order chi connectivity index (χ1) is 19.8. The Morgan fingerprint density at radius 3 is 2.59 bits per heavy atom. The molecule has 1 saturated heterocycles. The van der Waals surface area contributed by atoms with Gasteiger partial charge in [-0.15, -0.1) is 0 Å². The summed E-state index contributed by atoms with van der Waals surface area (Å²) in [7, 11) is 3.22. The van der Waals surface area contributed by atoms with Gasteiger partial charge in [0.1, 0.15) is 28.8 Å². The summed E-state index contributed by atoms with van der Waals surface area (Å²) in [6, 6.07) is 13.7. The molecule has 2 amide bonds. The van der Waals surface area contributed by atoms with E-state index in [-0.39, 0.29) is 24.3 Å². The molecule has 1 aliphatic heterocycles. The molecule has 1 fully saturated rings. The molecule has 2 aromatic heterocycles. The number of methoxy groups -OCH3 is 2. The van der Waals surface area contributed by atoms with Gasteiger partial charge in [0.05, 0.1) is 26.3 Å². The van der Waals surface area contributed by atoms with Crippen LogP contribution in [0.25, 0.3) is 11.1 Å². The number of hydrogen-bond donors (Lipinski definition) is 1. The first kappa shape index (κ1) is 28.5. The minimum atomic E-state index is -0.436.